The van der Waals surface area contributed by atoms with Crippen molar-refractivity contribution in [3.05, 3.63) is 35.0 Å². The molecule has 20 heavy (non-hydrogen) atoms. The number of carbonyl (C=O) groups is 1. The molecule has 1 aliphatic heterocycles. The van der Waals surface area contributed by atoms with Crippen LogP contribution in [0.5, 0.6) is 0 Å². The van der Waals surface area contributed by atoms with Crippen LogP contribution in [0.15, 0.2) is 16.8 Å². The fraction of sp³-hybridized carbons (Fsp3) is 0.500. The van der Waals surface area contributed by atoms with Crippen LogP contribution in [0, 0.1) is 6.92 Å². The molecule has 1 N–H and O–H groups in total. The van der Waals surface area contributed by atoms with Crippen molar-refractivity contribution in [2.75, 3.05) is 13.1 Å². The number of rotatable bonds is 3. The maximum atomic E-state index is 12.3. The Morgan fingerprint density at radius 3 is 3.10 bits per heavy atom. The third-order valence-electron chi connectivity index (χ3n) is 3.88. The van der Waals surface area contributed by atoms with E-state index in [0.717, 1.165) is 36.3 Å². The molecule has 2 aromatic heterocycles. The van der Waals surface area contributed by atoms with Gasteiger partial charge in [-0.2, -0.15) is 5.10 Å². The first-order valence-electron chi connectivity index (χ1n) is 6.93. The summed E-state index contributed by atoms with van der Waals surface area (Å²) in [5.41, 5.74) is 3.10. The van der Waals surface area contributed by atoms with Crippen LogP contribution >= 0.6 is 0 Å². The van der Waals surface area contributed by atoms with Gasteiger partial charge < -0.3 is 9.42 Å². The Bertz CT molecular complexity index is 616. The van der Waals surface area contributed by atoms with Crippen LogP contribution in [0.4, 0.5) is 0 Å². The number of carbonyl (C=O) groups excluding carboxylic acids is 1. The first-order chi connectivity index (χ1) is 9.69. The molecule has 3 heterocycles. The molecule has 1 unspecified atom stereocenters. The maximum absolute atomic E-state index is 12.3. The third kappa shape index (κ3) is 2.21. The molecule has 0 saturated carbocycles. The summed E-state index contributed by atoms with van der Waals surface area (Å²) in [7, 11) is 0. The first-order valence-corrected chi connectivity index (χ1v) is 6.93. The molecule has 1 fully saturated rings. The molecular weight excluding hydrogens is 256 g/mol. The van der Waals surface area contributed by atoms with E-state index < -0.39 is 0 Å². The highest BCUT2D eigenvalue weighted by Gasteiger charge is 2.31. The second kappa shape index (κ2) is 5.11. The van der Waals surface area contributed by atoms with E-state index in [-0.39, 0.29) is 5.91 Å². The maximum Gasteiger partial charge on any atom is 0.292 e. The highest BCUT2D eigenvalue weighted by atomic mass is 16.5. The molecule has 106 valence electrons. The van der Waals surface area contributed by atoms with Gasteiger partial charge in [0, 0.05) is 30.8 Å². The zero-order chi connectivity index (χ0) is 14.1. The molecule has 1 atom stereocenters. The first kappa shape index (κ1) is 12.9. The summed E-state index contributed by atoms with van der Waals surface area (Å²) in [6.07, 6.45) is 3.54. The van der Waals surface area contributed by atoms with Gasteiger partial charge in [0.1, 0.15) is 0 Å². The molecule has 2 aromatic rings. The average molecular weight is 274 g/mol. The standard InChI is InChI=1S/C14H18N4O2/c1-3-11-6-12(20-17-11)14(19)18-5-4-10(8-18)13-9(2)7-15-16-13/h6-7,10H,3-5,8H2,1-2H3,(H,15,16). The highest BCUT2D eigenvalue weighted by molar-refractivity contribution is 5.91. The number of aryl methyl sites for hydroxylation is 2. The molecular formula is C14H18N4O2. The summed E-state index contributed by atoms with van der Waals surface area (Å²) in [4.78, 5) is 14.2. The predicted molar refractivity (Wildman–Crippen MR) is 72.5 cm³/mol. The monoisotopic (exact) mass is 274 g/mol. The van der Waals surface area contributed by atoms with Crippen molar-refractivity contribution in [3.63, 3.8) is 0 Å². The molecule has 1 aliphatic rings. The fourth-order valence-electron chi connectivity index (χ4n) is 2.69. The molecule has 0 aliphatic carbocycles. The number of hydrogen-bond acceptors (Lipinski definition) is 4. The third-order valence-corrected chi connectivity index (χ3v) is 3.88. The Balaban J connectivity index is 1.71. The SMILES string of the molecule is CCc1cc(C(=O)N2CCC(c3[nH]ncc3C)C2)on1. The van der Waals surface area contributed by atoms with E-state index in [1.165, 1.54) is 0 Å². The number of nitrogens with one attached hydrogen (secondary N) is 1. The lowest BCUT2D eigenvalue weighted by Gasteiger charge is -2.14. The van der Waals surface area contributed by atoms with Crippen molar-refractivity contribution in [2.24, 2.45) is 0 Å². The Hall–Kier alpha value is -2.11. The van der Waals surface area contributed by atoms with Crippen molar-refractivity contribution in [3.8, 4) is 0 Å². The van der Waals surface area contributed by atoms with Crippen LogP contribution in [0.1, 0.15) is 46.8 Å². The predicted octanol–water partition coefficient (Wildman–Crippen LogP) is 1.90. The van der Waals surface area contributed by atoms with Crippen molar-refractivity contribution in [2.45, 2.75) is 32.6 Å². The van der Waals surface area contributed by atoms with Gasteiger partial charge in [-0.15, -0.1) is 0 Å². The van der Waals surface area contributed by atoms with Crippen molar-refractivity contribution in [1.82, 2.24) is 20.3 Å². The van der Waals surface area contributed by atoms with Gasteiger partial charge in [0.15, 0.2) is 0 Å². The summed E-state index contributed by atoms with van der Waals surface area (Å²) < 4.78 is 5.12. The topological polar surface area (TPSA) is 75.0 Å². The lowest BCUT2D eigenvalue weighted by molar-refractivity contribution is 0.0749. The van der Waals surface area contributed by atoms with Gasteiger partial charge in [0.2, 0.25) is 5.76 Å². The number of nitrogens with zero attached hydrogens (tertiary/aromatic N) is 3. The summed E-state index contributed by atoms with van der Waals surface area (Å²) in [6, 6.07) is 1.73. The molecule has 6 nitrogen and oxygen atoms in total. The van der Waals surface area contributed by atoms with Crippen LogP contribution in [0.2, 0.25) is 0 Å². The Labute approximate surface area is 117 Å². The second-order valence-electron chi connectivity index (χ2n) is 5.24. The molecule has 3 rings (SSSR count). The van der Waals surface area contributed by atoms with E-state index in [0.29, 0.717) is 18.2 Å². The number of likely N-dealkylation sites (tertiary alicyclic amines) is 1. The van der Waals surface area contributed by atoms with E-state index in [2.05, 4.69) is 15.4 Å². The van der Waals surface area contributed by atoms with E-state index in [1.54, 1.807) is 6.07 Å². The highest BCUT2D eigenvalue weighted by Crippen LogP contribution is 2.28. The van der Waals surface area contributed by atoms with Gasteiger partial charge >= 0.3 is 0 Å². The van der Waals surface area contributed by atoms with Gasteiger partial charge in [0.05, 0.1) is 11.9 Å². The average Bonchev–Trinajstić information content (AvgIpc) is 3.17. The lowest BCUT2D eigenvalue weighted by Crippen LogP contribution is -2.28. The number of hydrogen-bond donors (Lipinski definition) is 1. The number of aromatic amines is 1. The Morgan fingerprint density at radius 1 is 1.60 bits per heavy atom. The van der Waals surface area contributed by atoms with Crippen LogP contribution in [-0.4, -0.2) is 39.3 Å². The van der Waals surface area contributed by atoms with Gasteiger partial charge in [-0.3, -0.25) is 9.89 Å². The van der Waals surface area contributed by atoms with Crippen molar-refractivity contribution < 1.29 is 9.32 Å². The van der Waals surface area contributed by atoms with Crippen LogP contribution in [0.25, 0.3) is 0 Å². The van der Waals surface area contributed by atoms with E-state index in [1.807, 2.05) is 24.9 Å². The van der Waals surface area contributed by atoms with Crippen LogP contribution in [0.3, 0.4) is 0 Å². The fourth-order valence-corrected chi connectivity index (χ4v) is 2.69. The minimum absolute atomic E-state index is 0.0723. The largest absolute Gasteiger partial charge is 0.351 e. The van der Waals surface area contributed by atoms with Crippen LogP contribution in [-0.2, 0) is 6.42 Å². The van der Waals surface area contributed by atoms with Crippen LogP contribution < -0.4 is 0 Å². The molecule has 0 bridgehead atoms. The van der Waals surface area contributed by atoms with Crippen molar-refractivity contribution >= 4 is 5.91 Å². The Kier molecular flexibility index (Phi) is 3.30. The second-order valence-corrected chi connectivity index (χ2v) is 5.24. The summed E-state index contributed by atoms with van der Waals surface area (Å²) in [5.74, 6) is 0.593. The molecule has 6 heteroatoms. The zero-order valence-corrected chi connectivity index (χ0v) is 11.7. The molecule has 0 aromatic carbocycles. The minimum atomic E-state index is -0.0723. The van der Waals surface area contributed by atoms with E-state index in [9.17, 15) is 4.79 Å². The minimum Gasteiger partial charge on any atom is -0.351 e. The molecule has 1 saturated heterocycles. The number of aromatic nitrogens is 3. The lowest BCUT2D eigenvalue weighted by atomic mass is 10.0. The number of amides is 1. The van der Waals surface area contributed by atoms with Gasteiger partial charge in [-0.25, -0.2) is 0 Å². The molecule has 1 amide bonds. The quantitative estimate of drug-likeness (QED) is 0.927. The van der Waals surface area contributed by atoms with Crippen molar-refractivity contribution in [1.29, 1.82) is 0 Å². The normalized spacial score (nSPS) is 18.7. The Morgan fingerprint density at radius 2 is 2.45 bits per heavy atom. The zero-order valence-electron chi connectivity index (χ0n) is 11.7. The van der Waals surface area contributed by atoms with E-state index in [4.69, 9.17) is 4.52 Å². The van der Waals surface area contributed by atoms with Gasteiger partial charge in [0.25, 0.3) is 5.91 Å². The summed E-state index contributed by atoms with van der Waals surface area (Å²) >= 11 is 0. The van der Waals surface area contributed by atoms with Gasteiger partial charge in [-0.05, 0) is 25.3 Å². The van der Waals surface area contributed by atoms with E-state index >= 15 is 0 Å². The van der Waals surface area contributed by atoms with Gasteiger partial charge in [-0.1, -0.05) is 12.1 Å². The molecule has 0 spiro atoms. The number of H-pyrrole nitrogens is 1. The smallest absolute Gasteiger partial charge is 0.292 e. The molecule has 0 radical (unpaired) electrons. The summed E-state index contributed by atoms with van der Waals surface area (Å²) in [6.45, 7) is 5.46. The summed E-state index contributed by atoms with van der Waals surface area (Å²) in [5, 5.41) is 11.0.